The summed E-state index contributed by atoms with van der Waals surface area (Å²) in [5.41, 5.74) is 1.49. The zero-order valence-corrected chi connectivity index (χ0v) is 20.9. The molecule has 10 nitrogen and oxygen atoms in total. The minimum Gasteiger partial charge on any atom is -0.461 e. The van der Waals surface area contributed by atoms with Gasteiger partial charge in [-0.3, -0.25) is 14.9 Å². The zero-order valence-electron chi connectivity index (χ0n) is 20.9. The number of carbonyl (C=O) groups is 2. The highest BCUT2D eigenvalue weighted by molar-refractivity contribution is 5.98. The Balaban J connectivity index is 1.36. The predicted molar refractivity (Wildman–Crippen MR) is 138 cm³/mol. The van der Waals surface area contributed by atoms with E-state index in [1.54, 1.807) is 4.90 Å². The van der Waals surface area contributed by atoms with Gasteiger partial charge < -0.3 is 24.9 Å². The van der Waals surface area contributed by atoms with Gasteiger partial charge in [-0.05, 0) is 76.4 Å². The van der Waals surface area contributed by atoms with Crippen LogP contribution in [0.2, 0.25) is 0 Å². The molecule has 1 aromatic heterocycles. The number of furan rings is 1. The number of aliphatic imine (C=N–C) groups is 1. The van der Waals surface area contributed by atoms with Crippen LogP contribution in [-0.2, 0) is 9.59 Å². The van der Waals surface area contributed by atoms with Gasteiger partial charge in [0.1, 0.15) is 17.4 Å². The average molecular weight is 494 g/mol. The minimum atomic E-state index is -0.670. The molecule has 0 saturated carbocycles. The summed E-state index contributed by atoms with van der Waals surface area (Å²) in [5, 5.41) is 18.8. The molecule has 2 aliphatic heterocycles. The van der Waals surface area contributed by atoms with Crippen molar-refractivity contribution in [2.45, 2.75) is 51.5 Å². The topological polar surface area (TPSA) is 126 Å². The first-order valence-electron chi connectivity index (χ1n) is 12.8. The molecule has 2 saturated heterocycles. The predicted octanol–water partition coefficient (Wildman–Crippen LogP) is 2.56. The fourth-order valence-corrected chi connectivity index (χ4v) is 4.82. The molecule has 36 heavy (non-hydrogen) atoms. The molecule has 2 amide bonds. The number of hydrogen-bond acceptors (Lipinski definition) is 6. The summed E-state index contributed by atoms with van der Waals surface area (Å²) in [6.45, 7) is 6.03. The quantitative estimate of drug-likeness (QED) is 0.234. The monoisotopic (exact) mass is 493 g/mol. The van der Waals surface area contributed by atoms with Crippen LogP contribution in [0.1, 0.15) is 44.3 Å². The number of aryl methyl sites for hydroxylation is 1. The molecule has 2 fully saturated rings. The number of carbonyl (C=O) groups excluding carboxylic acids is 2. The number of anilines is 1. The Labute approximate surface area is 211 Å². The summed E-state index contributed by atoms with van der Waals surface area (Å²) < 4.78 is 5.61. The smallest absolute Gasteiger partial charge is 0.247 e. The molecular weight excluding hydrogens is 458 g/mol. The van der Waals surface area contributed by atoms with Crippen LogP contribution >= 0.6 is 0 Å². The average Bonchev–Trinajstić information content (AvgIpc) is 3.16. The van der Waals surface area contributed by atoms with Crippen molar-refractivity contribution in [1.82, 2.24) is 20.4 Å². The van der Waals surface area contributed by atoms with Crippen molar-refractivity contribution in [3.8, 4) is 6.19 Å². The highest BCUT2D eigenvalue weighted by Gasteiger charge is 2.28. The Kier molecular flexibility index (Phi) is 8.79. The van der Waals surface area contributed by atoms with E-state index in [2.05, 4.69) is 25.8 Å². The first-order chi connectivity index (χ1) is 17.5. The van der Waals surface area contributed by atoms with Gasteiger partial charge in [-0.2, -0.15) is 5.26 Å². The van der Waals surface area contributed by atoms with Crippen LogP contribution in [0.15, 0.2) is 33.7 Å². The summed E-state index contributed by atoms with van der Waals surface area (Å²) in [7, 11) is 0. The van der Waals surface area contributed by atoms with E-state index in [9.17, 15) is 14.9 Å². The fourth-order valence-electron chi connectivity index (χ4n) is 4.82. The van der Waals surface area contributed by atoms with Crippen molar-refractivity contribution in [2.24, 2.45) is 4.99 Å². The molecule has 3 heterocycles. The number of fused-ring (bicyclic) bond motifs is 1. The SMILES string of the molecule is Cc1cc2cc(NC(=NC3CCCCN(CC(=O)NCCN4CCCCC4)C3=O)NC#N)ccc2o1. The number of nitrogens with one attached hydrogen (secondary N) is 3. The maximum absolute atomic E-state index is 13.3. The van der Waals surface area contributed by atoms with Gasteiger partial charge in [0.05, 0.1) is 6.54 Å². The molecule has 0 aliphatic carbocycles. The molecule has 4 rings (SSSR count). The summed E-state index contributed by atoms with van der Waals surface area (Å²) in [6.07, 6.45) is 7.78. The molecular formula is C26H35N7O3. The highest BCUT2D eigenvalue weighted by atomic mass is 16.3. The standard InChI is InChI=1S/C26H35N7O3/c1-19-15-20-16-21(8-9-23(20)36-19)30-26(29-18-27)31-22-7-3-6-13-33(25(22)35)17-24(34)28-10-14-32-11-4-2-5-12-32/h8-9,15-16,22H,2-7,10-14,17H2,1H3,(H,28,34)(H2,29,30,31). The number of benzene rings is 1. The number of nitriles is 1. The second kappa shape index (κ2) is 12.4. The minimum absolute atomic E-state index is 0.0236. The van der Waals surface area contributed by atoms with Crippen LogP contribution in [0.5, 0.6) is 0 Å². The molecule has 1 aromatic carbocycles. The second-order valence-corrected chi connectivity index (χ2v) is 9.47. The molecule has 1 unspecified atom stereocenters. The number of nitrogens with zero attached hydrogens (tertiary/aromatic N) is 4. The van der Waals surface area contributed by atoms with Crippen molar-refractivity contribution >= 4 is 34.4 Å². The van der Waals surface area contributed by atoms with Crippen molar-refractivity contribution < 1.29 is 14.0 Å². The highest BCUT2D eigenvalue weighted by Crippen LogP contribution is 2.23. The normalized spacial score (nSPS) is 19.6. The van der Waals surface area contributed by atoms with Gasteiger partial charge in [0, 0.05) is 30.7 Å². The van der Waals surface area contributed by atoms with Gasteiger partial charge in [-0.25, -0.2) is 4.99 Å². The molecule has 192 valence electrons. The Morgan fingerprint density at radius 1 is 1.17 bits per heavy atom. The molecule has 0 spiro atoms. The van der Waals surface area contributed by atoms with Crippen LogP contribution in [0.4, 0.5) is 5.69 Å². The van der Waals surface area contributed by atoms with Gasteiger partial charge in [0.15, 0.2) is 6.19 Å². The van der Waals surface area contributed by atoms with E-state index >= 15 is 0 Å². The lowest BCUT2D eigenvalue weighted by molar-refractivity contribution is -0.136. The number of piperidine rings is 1. The summed E-state index contributed by atoms with van der Waals surface area (Å²) in [6, 6.07) is 6.83. The number of amides is 2. The largest absolute Gasteiger partial charge is 0.461 e. The molecule has 0 bridgehead atoms. The maximum Gasteiger partial charge on any atom is 0.247 e. The molecule has 3 N–H and O–H groups in total. The molecule has 2 aliphatic rings. The van der Waals surface area contributed by atoms with Crippen LogP contribution in [0.3, 0.4) is 0 Å². The van der Waals surface area contributed by atoms with Gasteiger partial charge in [0.2, 0.25) is 17.8 Å². The summed E-state index contributed by atoms with van der Waals surface area (Å²) in [5.74, 6) is 0.662. The third-order valence-corrected chi connectivity index (χ3v) is 6.65. The van der Waals surface area contributed by atoms with E-state index in [0.29, 0.717) is 19.5 Å². The molecule has 0 radical (unpaired) electrons. The second-order valence-electron chi connectivity index (χ2n) is 9.47. The maximum atomic E-state index is 13.3. The van der Waals surface area contributed by atoms with Crippen molar-refractivity contribution in [3.63, 3.8) is 0 Å². The van der Waals surface area contributed by atoms with E-state index < -0.39 is 6.04 Å². The van der Waals surface area contributed by atoms with E-state index in [1.165, 1.54) is 19.3 Å². The zero-order chi connectivity index (χ0) is 25.3. The third kappa shape index (κ3) is 6.98. The summed E-state index contributed by atoms with van der Waals surface area (Å²) >= 11 is 0. The van der Waals surface area contributed by atoms with Crippen molar-refractivity contribution in [2.75, 3.05) is 44.6 Å². The van der Waals surface area contributed by atoms with Gasteiger partial charge in [0.25, 0.3) is 0 Å². The van der Waals surface area contributed by atoms with Gasteiger partial charge in [-0.1, -0.05) is 6.42 Å². The van der Waals surface area contributed by atoms with Crippen molar-refractivity contribution in [3.05, 3.63) is 30.0 Å². The van der Waals surface area contributed by atoms with E-state index in [1.807, 2.05) is 37.4 Å². The van der Waals surface area contributed by atoms with Crippen LogP contribution < -0.4 is 16.0 Å². The fraction of sp³-hybridized carbons (Fsp3) is 0.538. The Hall–Kier alpha value is -3.58. The lowest BCUT2D eigenvalue weighted by atomic mass is 10.1. The van der Waals surface area contributed by atoms with Gasteiger partial charge >= 0.3 is 0 Å². The van der Waals surface area contributed by atoms with Crippen LogP contribution in [-0.4, -0.2) is 72.9 Å². The van der Waals surface area contributed by atoms with E-state index in [-0.39, 0.29) is 24.3 Å². The van der Waals surface area contributed by atoms with Gasteiger partial charge in [-0.15, -0.1) is 0 Å². The van der Waals surface area contributed by atoms with E-state index in [4.69, 9.17) is 4.42 Å². The lowest BCUT2D eigenvalue weighted by Crippen LogP contribution is -2.46. The lowest BCUT2D eigenvalue weighted by Gasteiger charge is -2.27. The summed E-state index contributed by atoms with van der Waals surface area (Å²) in [4.78, 5) is 34.3. The van der Waals surface area contributed by atoms with Crippen molar-refractivity contribution in [1.29, 1.82) is 5.26 Å². The first kappa shape index (κ1) is 25.5. The Morgan fingerprint density at radius 2 is 1.97 bits per heavy atom. The van der Waals surface area contributed by atoms with Crippen LogP contribution in [0.25, 0.3) is 11.0 Å². The molecule has 1 atom stereocenters. The number of hydrogen-bond donors (Lipinski definition) is 3. The van der Waals surface area contributed by atoms with E-state index in [0.717, 1.165) is 54.9 Å². The first-order valence-corrected chi connectivity index (χ1v) is 12.8. The third-order valence-electron chi connectivity index (χ3n) is 6.65. The Morgan fingerprint density at radius 3 is 2.78 bits per heavy atom. The number of likely N-dealkylation sites (tertiary alicyclic amines) is 2. The Bertz CT molecular complexity index is 1130. The molecule has 2 aromatic rings. The number of guanidine groups is 1. The molecule has 10 heteroatoms. The number of rotatable bonds is 7. The van der Waals surface area contributed by atoms with Crippen LogP contribution in [0, 0.1) is 18.4 Å².